The number of carbonyl (C=O) groups is 1. The van der Waals surface area contributed by atoms with Crippen LogP contribution in [0.3, 0.4) is 0 Å². The zero-order valence-corrected chi connectivity index (χ0v) is 10.8. The summed E-state index contributed by atoms with van der Waals surface area (Å²) in [5.41, 5.74) is -0.701. The highest BCUT2D eigenvalue weighted by molar-refractivity contribution is 5.70. The second-order valence-electron chi connectivity index (χ2n) is 5.70. The number of hydrogen-bond donors (Lipinski definition) is 3. The third-order valence-corrected chi connectivity index (χ3v) is 4.25. The molecule has 0 bridgehead atoms. The molecule has 18 heavy (non-hydrogen) atoms. The molecule has 0 heterocycles. The summed E-state index contributed by atoms with van der Waals surface area (Å²) in [6, 6.07) is 0.469. The van der Waals surface area contributed by atoms with Crippen molar-refractivity contribution < 1.29 is 15.0 Å². The lowest BCUT2D eigenvalue weighted by molar-refractivity contribution is -0.144. The van der Waals surface area contributed by atoms with E-state index < -0.39 is 11.6 Å². The van der Waals surface area contributed by atoms with Gasteiger partial charge >= 0.3 is 5.97 Å². The molecule has 0 saturated heterocycles. The van der Waals surface area contributed by atoms with Crippen LogP contribution in [0.25, 0.3) is 0 Å². The molecule has 1 fully saturated rings. The molecule has 3 N–H and O–H groups in total. The van der Waals surface area contributed by atoms with Gasteiger partial charge in [0.2, 0.25) is 0 Å². The van der Waals surface area contributed by atoms with Gasteiger partial charge in [0.1, 0.15) is 0 Å². The molecule has 2 aliphatic rings. The Kier molecular flexibility index (Phi) is 4.40. The van der Waals surface area contributed by atoms with E-state index in [0.717, 1.165) is 19.3 Å². The Bertz CT molecular complexity index is 319. The number of rotatable bonds is 4. The van der Waals surface area contributed by atoms with Gasteiger partial charge in [-0.1, -0.05) is 12.2 Å². The number of allylic oxidation sites excluding steroid dienone is 1. The van der Waals surface area contributed by atoms with Crippen LogP contribution >= 0.6 is 0 Å². The summed E-state index contributed by atoms with van der Waals surface area (Å²) in [5.74, 6) is -0.981. The molecule has 0 aromatic carbocycles. The molecular formula is C14H23NO3. The fourth-order valence-corrected chi connectivity index (χ4v) is 2.89. The first-order valence-corrected chi connectivity index (χ1v) is 6.93. The van der Waals surface area contributed by atoms with Gasteiger partial charge < -0.3 is 15.5 Å². The predicted octanol–water partition coefficient (Wildman–Crippen LogP) is 1.69. The molecule has 0 amide bonds. The first-order valence-electron chi connectivity index (χ1n) is 6.93. The zero-order chi connectivity index (χ0) is 13.0. The van der Waals surface area contributed by atoms with Gasteiger partial charge in [0.15, 0.2) is 0 Å². The maximum Gasteiger partial charge on any atom is 0.306 e. The second-order valence-corrected chi connectivity index (χ2v) is 5.70. The molecule has 0 aliphatic heterocycles. The smallest absolute Gasteiger partial charge is 0.306 e. The van der Waals surface area contributed by atoms with Gasteiger partial charge in [0.05, 0.1) is 11.5 Å². The minimum Gasteiger partial charge on any atom is -0.481 e. The van der Waals surface area contributed by atoms with Crippen LogP contribution in [0.5, 0.6) is 0 Å². The van der Waals surface area contributed by atoms with E-state index in [1.165, 1.54) is 0 Å². The molecule has 0 radical (unpaired) electrons. The van der Waals surface area contributed by atoms with Crippen LogP contribution in [0.2, 0.25) is 0 Å². The van der Waals surface area contributed by atoms with E-state index in [2.05, 4.69) is 17.5 Å². The van der Waals surface area contributed by atoms with Gasteiger partial charge in [-0.3, -0.25) is 4.79 Å². The van der Waals surface area contributed by atoms with Crippen LogP contribution in [-0.2, 0) is 4.79 Å². The van der Waals surface area contributed by atoms with Crippen LogP contribution in [-0.4, -0.2) is 34.4 Å². The third kappa shape index (κ3) is 3.56. The van der Waals surface area contributed by atoms with E-state index in [9.17, 15) is 9.90 Å². The molecule has 102 valence electrons. The van der Waals surface area contributed by atoms with E-state index >= 15 is 0 Å². The fourth-order valence-electron chi connectivity index (χ4n) is 2.89. The number of carboxylic acids is 1. The van der Waals surface area contributed by atoms with E-state index in [4.69, 9.17) is 5.11 Å². The zero-order valence-electron chi connectivity index (χ0n) is 10.8. The van der Waals surface area contributed by atoms with Crippen molar-refractivity contribution in [2.45, 2.75) is 56.6 Å². The quantitative estimate of drug-likeness (QED) is 0.667. The molecular weight excluding hydrogens is 230 g/mol. The Morgan fingerprint density at radius 1 is 1.28 bits per heavy atom. The van der Waals surface area contributed by atoms with Crippen molar-refractivity contribution in [1.82, 2.24) is 5.32 Å². The Labute approximate surface area is 108 Å². The monoisotopic (exact) mass is 253 g/mol. The number of aliphatic carboxylic acids is 1. The van der Waals surface area contributed by atoms with E-state index in [1.807, 2.05) is 0 Å². The molecule has 4 nitrogen and oxygen atoms in total. The maximum absolute atomic E-state index is 10.9. The predicted molar refractivity (Wildman–Crippen MR) is 69.3 cm³/mol. The first-order chi connectivity index (χ1) is 8.59. The number of aliphatic hydroxyl groups is 1. The number of nitrogens with one attached hydrogen (secondary N) is 1. The van der Waals surface area contributed by atoms with Gasteiger partial charge in [0, 0.05) is 12.6 Å². The van der Waals surface area contributed by atoms with Crippen molar-refractivity contribution in [2.75, 3.05) is 6.54 Å². The summed E-state index contributed by atoms with van der Waals surface area (Å²) in [5, 5.41) is 22.8. The normalized spacial score (nSPS) is 36.5. The average molecular weight is 253 g/mol. The summed E-state index contributed by atoms with van der Waals surface area (Å²) < 4.78 is 0. The minimum absolute atomic E-state index is 0.261. The third-order valence-electron chi connectivity index (χ3n) is 4.25. The van der Waals surface area contributed by atoms with Crippen molar-refractivity contribution in [3.8, 4) is 0 Å². The van der Waals surface area contributed by atoms with Crippen molar-refractivity contribution in [1.29, 1.82) is 0 Å². The van der Waals surface area contributed by atoms with Crippen molar-refractivity contribution in [3.05, 3.63) is 12.2 Å². The standard InChI is InChI=1S/C14H23NO3/c16-13(17)11-6-8-14(18,9-7-11)10-15-12-4-2-1-3-5-12/h1-2,11-12,15,18H,3-10H2,(H,16,17). The molecule has 4 heteroatoms. The summed E-state index contributed by atoms with van der Waals surface area (Å²) in [6.07, 6.45) is 10.0. The van der Waals surface area contributed by atoms with Gasteiger partial charge in [-0.05, 0) is 44.9 Å². The topological polar surface area (TPSA) is 69.6 Å². The minimum atomic E-state index is -0.720. The molecule has 0 spiro atoms. The first kappa shape index (κ1) is 13.6. The molecule has 1 saturated carbocycles. The van der Waals surface area contributed by atoms with Gasteiger partial charge in [-0.25, -0.2) is 0 Å². The van der Waals surface area contributed by atoms with Gasteiger partial charge in [-0.2, -0.15) is 0 Å². The van der Waals surface area contributed by atoms with Crippen LogP contribution in [0.1, 0.15) is 44.9 Å². The largest absolute Gasteiger partial charge is 0.481 e. The Balaban J connectivity index is 1.75. The van der Waals surface area contributed by atoms with Gasteiger partial charge in [0.25, 0.3) is 0 Å². The van der Waals surface area contributed by atoms with E-state index in [0.29, 0.717) is 38.3 Å². The number of carboxylic acid groups (broad SMARTS) is 1. The number of hydrogen-bond acceptors (Lipinski definition) is 3. The fraction of sp³-hybridized carbons (Fsp3) is 0.786. The Hall–Kier alpha value is -0.870. The molecule has 2 rings (SSSR count). The summed E-state index contributed by atoms with van der Waals surface area (Å²) in [4.78, 5) is 10.9. The van der Waals surface area contributed by atoms with Gasteiger partial charge in [-0.15, -0.1) is 0 Å². The van der Waals surface area contributed by atoms with Crippen LogP contribution < -0.4 is 5.32 Å². The van der Waals surface area contributed by atoms with Crippen LogP contribution in [0.4, 0.5) is 0 Å². The summed E-state index contributed by atoms with van der Waals surface area (Å²) >= 11 is 0. The highest BCUT2D eigenvalue weighted by Gasteiger charge is 2.35. The summed E-state index contributed by atoms with van der Waals surface area (Å²) in [6.45, 7) is 0.595. The highest BCUT2D eigenvalue weighted by Crippen LogP contribution is 2.32. The van der Waals surface area contributed by atoms with E-state index in [1.54, 1.807) is 0 Å². The SMILES string of the molecule is O=C(O)C1CCC(O)(CNC2CC=CCC2)CC1. The lowest BCUT2D eigenvalue weighted by Gasteiger charge is -2.36. The van der Waals surface area contributed by atoms with Crippen LogP contribution in [0, 0.1) is 5.92 Å². The Morgan fingerprint density at radius 3 is 2.56 bits per heavy atom. The van der Waals surface area contributed by atoms with Crippen molar-refractivity contribution in [2.24, 2.45) is 5.92 Å². The lowest BCUT2D eigenvalue weighted by Crippen LogP contribution is -2.47. The molecule has 0 aromatic heterocycles. The molecule has 1 atom stereocenters. The van der Waals surface area contributed by atoms with Crippen LogP contribution in [0.15, 0.2) is 12.2 Å². The lowest BCUT2D eigenvalue weighted by atomic mass is 9.78. The molecule has 2 aliphatic carbocycles. The maximum atomic E-state index is 10.9. The van der Waals surface area contributed by atoms with Crippen molar-refractivity contribution >= 4 is 5.97 Å². The summed E-state index contributed by atoms with van der Waals surface area (Å²) in [7, 11) is 0. The second kappa shape index (κ2) is 5.85. The Morgan fingerprint density at radius 2 is 2.00 bits per heavy atom. The molecule has 0 aromatic rings. The van der Waals surface area contributed by atoms with E-state index in [-0.39, 0.29) is 5.92 Å². The molecule has 1 unspecified atom stereocenters. The average Bonchev–Trinajstić information content (AvgIpc) is 2.38. The highest BCUT2D eigenvalue weighted by atomic mass is 16.4. The van der Waals surface area contributed by atoms with Crippen molar-refractivity contribution in [3.63, 3.8) is 0 Å².